The van der Waals surface area contributed by atoms with Crippen LogP contribution >= 0.6 is 0 Å². The van der Waals surface area contributed by atoms with E-state index in [2.05, 4.69) is 22.2 Å². The first kappa shape index (κ1) is 26.4. The fourth-order valence-electron chi connectivity index (χ4n) is 5.35. The third-order valence-corrected chi connectivity index (χ3v) is 9.68. The number of anilines is 1. The van der Waals surface area contributed by atoms with Crippen LogP contribution < -0.4 is 14.4 Å². The van der Waals surface area contributed by atoms with E-state index in [0.29, 0.717) is 23.5 Å². The lowest BCUT2D eigenvalue weighted by Crippen LogP contribution is -2.45. The Bertz CT molecular complexity index is 1210. The molecule has 0 bridgehead atoms. The van der Waals surface area contributed by atoms with Gasteiger partial charge in [-0.15, -0.1) is 0 Å². The molecule has 0 aromatic heterocycles. The third-order valence-electron chi connectivity index (χ3n) is 7.63. The number of ether oxygens (including phenoxy) is 1. The average Bonchev–Trinajstić information content (AvgIpc) is 3.16. The molecule has 4 rings (SSSR count). The van der Waals surface area contributed by atoms with Gasteiger partial charge in [-0.2, -0.15) is 0 Å². The molecule has 0 unspecified atom stereocenters. The second kappa shape index (κ2) is 10.8. The highest BCUT2D eigenvalue weighted by molar-refractivity contribution is 7.93. The molecule has 196 valence electrons. The van der Waals surface area contributed by atoms with Crippen molar-refractivity contribution in [1.29, 1.82) is 0 Å². The van der Waals surface area contributed by atoms with Gasteiger partial charge in [0, 0.05) is 32.7 Å². The lowest BCUT2D eigenvalue weighted by atomic mass is 9.95. The molecular weight excluding hydrogens is 476 g/mol. The van der Waals surface area contributed by atoms with Gasteiger partial charge in [0.25, 0.3) is 10.0 Å². The lowest BCUT2D eigenvalue weighted by Gasteiger charge is -2.32. The van der Waals surface area contributed by atoms with Crippen LogP contribution in [0, 0.1) is 13.8 Å². The van der Waals surface area contributed by atoms with Crippen LogP contribution in [0.25, 0.3) is 0 Å². The first-order chi connectivity index (χ1) is 17.2. The number of methoxy groups -OCH3 is 1. The van der Waals surface area contributed by atoms with E-state index in [0.717, 1.165) is 50.3 Å². The quantitative estimate of drug-likeness (QED) is 0.546. The maximum atomic E-state index is 14.0. The number of para-hydroxylation sites is 1. The third kappa shape index (κ3) is 4.96. The number of hydrogen-bond acceptors (Lipinski definition) is 6. The van der Waals surface area contributed by atoms with Crippen LogP contribution in [0.4, 0.5) is 5.69 Å². The molecule has 0 radical (unpaired) electrons. The van der Waals surface area contributed by atoms with Gasteiger partial charge in [0.05, 0.1) is 29.7 Å². The largest absolute Gasteiger partial charge is 0.496 e. The minimum Gasteiger partial charge on any atom is -0.496 e. The van der Waals surface area contributed by atoms with Crippen molar-refractivity contribution in [1.82, 2.24) is 15.1 Å². The Labute approximate surface area is 215 Å². The second-order valence-electron chi connectivity index (χ2n) is 9.88. The van der Waals surface area contributed by atoms with Crippen LogP contribution in [-0.4, -0.2) is 83.6 Å². The van der Waals surface area contributed by atoms with Crippen molar-refractivity contribution in [2.75, 3.05) is 57.7 Å². The Hall–Kier alpha value is -2.62. The predicted octanol–water partition coefficient (Wildman–Crippen LogP) is 2.75. The van der Waals surface area contributed by atoms with Crippen LogP contribution in [0.1, 0.15) is 36.0 Å². The Morgan fingerprint density at radius 1 is 1.06 bits per heavy atom. The Kier molecular flexibility index (Phi) is 7.92. The number of carbonyl (C=O) groups excluding carboxylic acids is 1. The summed E-state index contributed by atoms with van der Waals surface area (Å²) >= 11 is 0. The Balaban J connectivity index is 1.51. The number of fused-ring (bicyclic) bond motifs is 1. The topological polar surface area (TPSA) is 82.2 Å². The summed E-state index contributed by atoms with van der Waals surface area (Å²) in [5, 5.41) is 3.08. The number of rotatable bonds is 8. The van der Waals surface area contributed by atoms with E-state index in [1.165, 1.54) is 4.31 Å². The molecule has 9 heteroatoms. The summed E-state index contributed by atoms with van der Waals surface area (Å²) < 4.78 is 34.7. The fraction of sp³-hybridized carbons (Fsp3) is 0.519. The lowest BCUT2D eigenvalue weighted by molar-refractivity contribution is -0.122. The van der Waals surface area contributed by atoms with Crippen molar-refractivity contribution in [2.45, 2.75) is 44.0 Å². The summed E-state index contributed by atoms with van der Waals surface area (Å²) in [6.07, 6.45) is 0.866. The molecule has 2 atom stereocenters. The van der Waals surface area contributed by atoms with E-state index in [1.54, 1.807) is 32.2 Å². The van der Waals surface area contributed by atoms with Crippen molar-refractivity contribution in [3.63, 3.8) is 0 Å². The summed E-state index contributed by atoms with van der Waals surface area (Å²) in [7, 11) is -0.193. The molecule has 2 heterocycles. The molecule has 1 amide bonds. The van der Waals surface area contributed by atoms with Crippen molar-refractivity contribution in [3.8, 4) is 5.75 Å². The summed E-state index contributed by atoms with van der Waals surface area (Å²) in [6, 6.07) is 10.1. The number of likely N-dealkylation sites (N-methyl/N-ethyl adjacent to an activating group) is 1. The molecule has 1 fully saturated rings. The summed E-state index contributed by atoms with van der Waals surface area (Å²) in [6.45, 7) is 11.2. The second-order valence-corrected chi connectivity index (χ2v) is 11.7. The number of sulfonamides is 1. The predicted molar refractivity (Wildman–Crippen MR) is 142 cm³/mol. The number of benzene rings is 2. The molecule has 0 spiro atoms. The summed E-state index contributed by atoms with van der Waals surface area (Å²) in [4.78, 5) is 18.3. The number of nitrogens with one attached hydrogen (secondary N) is 1. The van der Waals surface area contributed by atoms with Crippen molar-refractivity contribution in [2.24, 2.45) is 0 Å². The SMILES string of the molecule is COc1ccc(S(=O)(=O)N2c3ccccc3[C@@H](C(=O)NCCCN3CCN(C)CC3)[C@@H]2C)c(C)c1C. The maximum absolute atomic E-state index is 14.0. The molecule has 2 aromatic rings. The standard InChI is InChI=1S/C27H38N4O4S/c1-19-20(2)25(12-11-24(19)35-5)36(33,34)31-21(3)26(22-9-6-7-10-23(22)31)27(32)28-13-8-14-30-17-15-29(4)16-18-30/h6-7,9-12,21,26H,8,13-18H2,1-5H3,(H,28,32)/t21-,26-/m0/s1. The van der Waals surface area contributed by atoms with Crippen LogP contribution in [0.2, 0.25) is 0 Å². The molecule has 0 aliphatic carbocycles. The van der Waals surface area contributed by atoms with E-state index in [4.69, 9.17) is 4.74 Å². The number of hydrogen-bond donors (Lipinski definition) is 1. The number of carbonyl (C=O) groups is 1. The van der Waals surface area contributed by atoms with E-state index in [1.807, 2.05) is 32.0 Å². The highest BCUT2D eigenvalue weighted by Gasteiger charge is 2.46. The number of piperazine rings is 1. The Morgan fingerprint density at radius 3 is 2.44 bits per heavy atom. The zero-order chi connectivity index (χ0) is 26.0. The van der Waals surface area contributed by atoms with Gasteiger partial charge in [-0.25, -0.2) is 8.42 Å². The summed E-state index contributed by atoms with van der Waals surface area (Å²) in [5.41, 5.74) is 2.74. The molecule has 36 heavy (non-hydrogen) atoms. The van der Waals surface area contributed by atoms with Crippen molar-refractivity contribution >= 4 is 21.6 Å². The van der Waals surface area contributed by atoms with Gasteiger partial charge < -0.3 is 19.9 Å². The normalized spacial score (nSPS) is 20.9. The Morgan fingerprint density at radius 2 is 1.75 bits per heavy atom. The number of nitrogens with zero attached hydrogens (tertiary/aromatic N) is 3. The molecule has 2 aliphatic heterocycles. The first-order valence-electron chi connectivity index (χ1n) is 12.6. The van der Waals surface area contributed by atoms with Gasteiger partial charge in [0.15, 0.2) is 0 Å². The maximum Gasteiger partial charge on any atom is 0.264 e. The molecular formula is C27H38N4O4S. The van der Waals surface area contributed by atoms with Gasteiger partial charge in [0.2, 0.25) is 5.91 Å². The van der Waals surface area contributed by atoms with E-state index < -0.39 is 22.0 Å². The van der Waals surface area contributed by atoms with E-state index >= 15 is 0 Å². The van der Waals surface area contributed by atoms with Crippen LogP contribution in [-0.2, 0) is 14.8 Å². The molecule has 1 saturated heterocycles. The van der Waals surface area contributed by atoms with Gasteiger partial charge in [0.1, 0.15) is 5.75 Å². The first-order valence-corrected chi connectivity index (χ1v) is 14.1. The van der Waals surface area contributed by atoms with Gasteiger partial charge in [-0.05, 0) is 75.7 Å². The van der Waals surface area contributed by atoms with Crippen LogP contribution in [0.3, 0.4) is 0 Å². The molecule has 2 aliphatic rings. The molecule has 2 aromatic carbocycles. The van der Waals surface area contributed by atoms with Crippen molar-refractivity contribution in [3.05, 3.63) is 53.1 Å². The van der Waals surface area contributed by atoms with Crippen molar-refractivity contribution < 1.29 is 17.9 Å². The summed E-state index contributed by atoms with van der Waals surface area (Å²) in [5.74, 6) is -0.0527. The molecule has 0 saturated carbocycles. The highest BCUT2D eigenvalue weighted by Crippen LogP contribution is 2.44. The zero-order valence-electron chi connectivity index (χ0n) is 22.0. The minimum absolute atomic E-state index is 0.131. The van der Waals surface area contributed by atoms with Gasteiger partial charge in [-0.1, -0.05) is 18.2 Å². The van der Waals surface area contributed by atoms with Crippen LogP contribution in [0.5, 0.6) is 5.75 Å². The molecule has 1 N–H and O–H groups in total. The fourth-order valence-corrected chi connectivity index (χ4v) is 7.32. The monoisotopic (exact) mass is 514 g/mol. The van der Waals surface area contributed by atoms with Crippen LogP contribution in [0.15, 0.2) is 41.3 Å². The molecule has 8 nitrogen and oxygen atoms in total. The average molecular weight is 515 g/mol. The minimum atomic E-state index is -3.90. The number of amides is 1. The smallest absolute Gasteiger partial charge is 0.264 e. The zero-order valence-corrected chi connectivity index (χ0v) is 22.8. The van der Waals surface area contributed by atoms with Gasteiger partial charge in [-0.3, -0.25) is 9.10 Å². The van der Waals surface area contributed by atoms with E-state index in [9.17, 15) is 13.2 Å². The highest BCUT2D eigenvalue weighted by atomic mass is 32.2. The van der Waals surface area contributed by atoms with Gasteiger partial charge >= 0.3 is 0 Å². The van der Waals surface area contributed by atoms with E-state index in [-0.39, 0.29) is 10.8 Å².